The minimum atomic E-state index is -0.775. The van der Waals surface area contributed by atoms with E-state index >= 15 is 0 Å². The fourth-order valence-corrected chi connectivity index (χ4v) is 4.28. The summed E-state index contributed by atoms with van der Waals surface area (Å²) in [5.41, 5.74) is 0. The summed E-state index contributed by atoms with van der Waals surface area (Å²) < 4.78 is 0. The molecule has 3 fully saturated rings. The second-order valence-corrected chi connectivity index (χ2v) is 7.59. The van der Waals surface area contributed by atoms with Gasteiger partial charge in [-0.2, -0.15) is 0 Å². The molecular weight excluding hydrogens is 322 g/mol. The number of likely N-dealkylation sites (tertiary alicyclic amines) is 1. The van der Waals surface area contributed by atoms with Gasteiger partial charge in [-0.3, -0.25) is 19.3 Å². The van der Waals surface area contributed by atoms with E-state index in [2.05, 4.69) is 4.90 Å². The summed E-state index contributed by atoms with van der Waals surface area (Å²) in [7, 11) is 0. The molecule has 2 amide bonds. The molecule has 0 aromatic heterocycles. The normalized spacial score (nSPS) is 28.2. The minimum absolute atomic E-state index is 0.108. The van der Waals surface area contributed by atoms with Gasteiger partial charge in [0, 0.05) is 45.2 Å². The molecule has 2 atom stereocenters. The monoisotopic (exact) mass is 351 g/mol. The summed E-state index contributed by atoms with van der Waals surface area (Å²) >= 11 is 0. The van der Waals surface area contributed by atoms with E-state index in [4.69, 9.17) is 0 Å². The molecule has 0 radical (unpaired) electrons. The van der Waals surface area contributed by atoms with E-state index in [9.17, 15) is 19.5 Å². The smallest absolute Gasteiger partial charge is 0.306 e. The Labute approximate surface area is 148 Å². The van der Waals surface area contributed by atoms with Crippen molar-refractivity contribution in [1.82, 2.24) is 14.7 Å². The van der Waals surface area contributed by atoms with Crippen LogP contribution in [-0.4, -0.2) is 83.4 Å². The number of carbonyl (C=O) groups is 3. The number of carboxylic acids is 1. The van der Waals surface area contributed by atoms with Crippen LogP contribution in [0.4, 0.5) is 0 Å². The van der Waals surface area contributed by atoms with Crippen molar-refractivity contribution >= 4 is 17.8 Å². The van der Waals surface area contributed by atoms with E-state index in [0.717, 1.165) is 51.9 Å². The predicted molar refractivity (Wildman–Crippen MR) is 91.9 cm³/mol. The van der Waals surface area contributed by atoms with Crippen LogP contribution in [0.25, 0.3) is 0 Å². The molecule has 1 saturated carbocycles. The first-order valence-electron chi connectivity index (χ1n) is 9.56. The molecule has 2 saturated heterocycles. The highest BCUT2D eigenvalue weighted by Gasteiger charge is 2.34. The molecule has 7 heteroatoms. The Morgan fingerprint density at radius 1 is 0.800 bits per heavy atom. The molecule has 0 bridgehead atoms. The van der Waals surface area contributed by atoms with E-state index in [1.807, 2.05) is 9.80 Å². The third-order valence-corrected chi connectivity index (χ3v) is 5.87. The zero-order valence-electron chi connectivity index (χ0n) is 14.9. The Morgan fingerprint density at radius 3 is 2.08 bits per heavy atom. The number of aliphatic carboxylic acids is 1. The predicted octanol–water partition coefficient (Wildman–Crippen LogP) is 0.644. The first-order chi connectivity index (χ1) is 12.0. The lowest BCUT2D eigenvalue weighted by atomic mass is 9.80. The van der Waals surface area contributed by atoms with Gasteiger partial charge in [-0.1, -0.05) is 6.42 Å². The Bertz CT molecular complexity index is 510. The number of carbonyl (C=O) groups excluding carboxylic acids is 2. The summed E-state index contributed by atoms with van der Waals surface area (Å²) in [6, 6.07) is 0. The van der Waals surface area contributed by atoms with Gasteiger partial charge in [0.05, 0.1) is 12.5 Å². The summed E-state index contributed by atoms with van der Waals surface area (Å²) in [4.78, 5) is 42.0. The molecule has 25 heavy (non-hydrogen) atoms. The quantitative estimate of drug-likeness (QED) is 0.804. The van der Waals surface area contributed by atoms with Gasteiger partial charge in [0.15, 0.2) is 0 Å². The molecular formula is C18H29N3O4. The zero-order valence-corrected chi connectivity index (χ0v) is 14.9. The van der Waals surface area contributed by atoms with Gasteiger partial charge >= 0.3 is 5.97 Å². The van der Waals surface area contributed by atoms with Crippen LogP contribution in [0.15, 0.2) is 0 Å². The van der Waals surface area contributed by atoms with Crippen molar-refractivity contribution in [3.8, 4) is 0 Å². The molecule has 0 aromatic carbocycles. The second kappa shape index (κ2) is 8.17. The number of amides is 2. The average Bonchev–Trinajstić information content (AvgIpc) is 3.17. The molecule has 3 aliphatic rings. The molecule has 7 nitrogen and oxygen atoms in total. The van der Waals surface area contributed by atoms with Crippen LogP contribution in [0.1, 0.15) is 38.5 Å². The molecule has 3 rings (SSSR count). The van der Waals surface area contributed by atoms with Gasteiger partial charge in [0.25, 0.3) is 0 Å². The van der Waals surface area contributed by atoms with Crippen molar-refractivity contribution < 1.29 is 19.5 Å². The molecule has 2 aliphatic heterocycles. The molecule has 0 spiro atoms. The van der Waals surface area contributed by atoms with Crippen molar-refractivity contribution in [2.75, 3.05) is 45.8 Å². The van der Waals surface area contributed by atoms with Crippen LogP contribution >= 0.6 is 0 Å². The van der Waals surface area contributed by atoms with E-state index in [1.54, 1.807) is 0 Å². The van der Waals surface area contributed by atoms with Gasteiger partial charge in [-0.05, 0) is 32.1 Å². The second-order valence-electron chi connectivity index (χ2n) is 7.59. The average molecular weight is 351 g/mol. The van der Waals surface area contributed by atoms with Crippen LogP contribution in [0.5, 0.6) is 0 Å². The molecule has 140 valence electrons. The maximum Gasteiger partial charge on any atom is 0.306 e. The highest BCUT2D eigenvalue weighted by molar-refractivity contribution is 5.81. The zero-order chi connectivity index (χ0) is 17.8. The molecule has 0 aromatic rings. The van der Waals surface area contributed by atoms with Crippen molar-refractivity contribution in [3.05, 3.63) is 0 Å². The third-order valence-electron chi connectivity index (χ3n) is 5.87. The van der Waals surface area contributed by atoms with Crippen molar-refractivity contribution in [2.24, 2.45) is 11.8 Å². The maximum atomic E-state index is 12.7. The standard InChI is InChI=1S/C18H29N3O4/c22-16(20-6-1-2-7-20)13-19-8-10-21(11-9-19)17(23)14-4-3-5-15(12-14)18(24)25/h14-15H,1-13H2,(H,24,25)/t14-,15+/m1/s1. The lowest BCUT2D eigenvalue weighted by molar-refractivity contribution is -0.146. The van der Waals surface area contributed by atoms with Gasteiger partial charge in [-0.15, -0.1) is 0 Å². The Morgan fingerprint density at radius 2 is 1.44 bits per heavy atom. The fraction of sp³-hybridized carbons (Fsp3) is 0.833. The first kappa shape index (κ1) is 18.2. The third kappa shape index (κ3) is 4.51. The molecule has 2 heterocycles. The van der Waals surface area contributed by atoms with Crippen molar-refractivity contribution in [1.29, 1.82) is 0 Å². The van der Waals surface area contributed by atoms with E-state index in [1.165, 1.54) is 0 Å². The number of hydrogen-bond acceptors (Lipinski definition) is 4. The summed E-state index contributed by atoms with van der Waals surface area (Å²) in [6.45, 7) is 4.93. The van der Waals surface area contributed by atoms with Gasteiger partial charge < -0.3 is 14.9 Å². The fourth-order valence-electron chi connectivity index (χ4n) is 4.28. The highest BCUT2D eigenvalue weighted by Crippen LogP contribution is 2.30. The molecule has 1 N–H and O–H groups in total. The lowest BCUT2D eigenvalue weighted by Gasteiger charge is -2.37. The topological polar surface area (TPSA) is 81.2 Å². The Kier molecular flexibility index (Phi) is 5.93. The summed E-state index contributed by atoms with van der Waals surface area (Å²) in [5, 5.41) is 9.19. The largest absolute Gasteiger partial charge is 0.481 e. The van der Waals surface area contributed by atoms with E-state index in [0.29, 0.717) is 32.5 Å². The van der Waals surface area contributed by atoms with Crippen LogP contribution < -0.4 is 0 Å². The van der Waals surface area contributed by atoms with E-state index < -0.39 is 5.97 Å². The van der Waals surface area contributed by atoms with Gasteiger partial charge in [-0.25, -0.2) is 0 Å². The summed E-state index contributed by atoms with van der Waals surface area (Å²) in [6.07, 6.45) is 4.99. The number of piperazine rings is 1. The molecule has 1 aliphatic carbocycles. The number of hydrogen-bond donors (Lipinski definition) is 1. The van der Waals surface area contributed by atoms with Crippen molar-refractivity contribution in [3.63, 3.8) is 0 Å². The SMILES string of the molecule is O=C(O)[C@H]1CCC[C@@H](C(=O)N2CCN(CC(=O)N3CCCC3)CC2)C1. The Balaban J connectivity index is 1.44. The van der Waals surface area contributed by atoms with Crippen LogP contribution in [0, 0.1) is 11.8 Å². The number of carboxylic acid groups (broad SMARTS) is 1. The maximum absolute atomic E-state index is 12.7. The van der Waals surface area contributed by atoms with E-state index in [-0.39, 0.29) is 23.7 Å². The lowest BCUT2D eigenvalue weighted by Crippen LogP contribution is -2.52. The van der Waals surface area contributed by atoms with Crippen molar-refractivity contribution in [2.45, 2.75) is 38.5 Å². The van der Waals surface area contributed by atoms with Crippen LogP contribution in [0.3, 0.4) is 0 Å². The summed E-state index contributed by atoms with van der Waals surface area (Å²) in [5.74, 6) is -0.984. The van der Waals surface area contributed by atoms with Gasteiger partial charge in [0.2, 0.25) is 11.8 Å². The Hall–Kier alpha value is -1.63. The van der Waals surface area contributed by atoms with Gasteiger partial charge in [0.1, 0.15) is 0 Å². The minimum Gasteiger partial charge on any atom is -0.481 e. The van der Waals surface area contributed by atoms with Crippen LogP contribution in [0.2, 0.25) is 0 Å². The molecule has 0 unspecified atom stereocenters. The number of rotatable bonds is 4. The van der Waals surface area contributed by atoms with Crippen LogP contribution in [-0.2, 0) is 14.4 Å². The highest BCUT2D eigenvalue weighted by atomic mass is 16.4. The first-order valence-corrected chi connectivity index (χ1v) is 9.56. The number of nitrogens with zero attached hydrogens (tertiary/aromatic N) is 3.